The fraction of sp³-hybridized carbons (Fsp3) is 1.00. The van der Waals surface area contributed by atoms with Gasteiger partial charge in [0.2, 0.25) is 4.58 Å². The van der Waals surface area contributed by atoms with Crippen molar-refractivity contribution in [3.63, 3.8) is 0 Å². The van der Waals surface area contributed by atoms with Gasteiger partial charge in [0, 0.05) is 0 Å². The van der Waals surface area contributed by atoms with Crippen LogP contribution in [0, 0.1) is 0 Å². The summed E-state index contributed by atoms with van der Waals surface area (Å²) in [5.41, 5.74) is 0. The van der Waals surface area contributed by atoms with Crippen molar-refractivity contribution in [2.75, 3.05) is 6.61 Å². The van der Waals surface area contributed by atoms with E-state index in [1.54, 1.807) is 6.92 Å². The maximum atomic E-state index is 11.2. The Kier molecular flexibility index (Phi) is 16.4. The van der Waals surface area contributed by atoms with E-state index in [0.717, 1.165) is 25.7 Å². The summed E-state index contributed by atoms with van der Waals surface area (Å²) in [5, 5.41) is 9.21. The number of aliphatic hydroxyl groups is 1. The second-order valence-electron chi connectivity index (χ2n) is 6.33. The fourth-order valence-corrected chi connectivity index (χ4v) is 4.96. The van der Waals surface area contributed by atoms with E-state index in [1.807, 2.05) is 0 Å². The molecule has 0 aromatic rings. The molecule has 0 aliphatic heterocycles. The van der Waals surface area contributed by atoms with Gasteiger partial charge in [-0.15, -0.1) is 0 Å². The zero-order chi connectivity index (χ0) is 19.5. The zero-order valence-electron chi connectivity index (χ0n) is 15.0. The van der Waals surface area contributed by atoms with E-state index < -0.39 is 43.6 Å². The van der Waals surface area contributed by atoms with Crippen LogP contribution < -0.4 is 0 Å². The zero-order valence-corrected chi connectivity index (χ0v) is 16.6. The van der Waals surface area contributed by atoms with Gasteiger partial charge in [-0.25, -0.2) is 0 Å². The molecule has 0 radical (unpaired) electrons. The molecule has 0 aliphatic carbocycles. The van der Waals surface area contributed by atoms with Gasteiger partial charge >= 0.3 is 29.6 Å². The van der Waals surface area contributed by atoms with E-state index in [4.69, 9.17) is 13.8 Å². The molecule has 2 atom stereocenters. The first-order valence-corrected chi connectivity index (χ1v) is 11.7. The molecule has 0 saturated carbocycles. The summed E-state index contributed by atoms with van der Waals surface area (Å²) < 4.78 is 65.4. The summed E-state index contributed by atoms with van der Waals surface area (Å²) in [5.74, 6) is 0. The summed E-state index contributed by atoms with van der Waals surface area (Å²) >= 11 is 0. The molecule has 0 heterocycles. The van der Waals surface area contributed by atoms with Crippen LogP contribution in [0.15, 0.2) is 0 Å². The number of unbranched alkanes of at least 4 members (excludes halogenated alkanes) is 7. The van der Waals surface area contributed by atoms with E-state index in [0.29, 0.717) is 6.42 Å². The van der Waals surface area contributed by atoms with Gasteiger partial charge in [-0.1, -0.05) is 58.3 Å². The van der Waals surface area contributed by atoms with Crippen molar-refractivity contribution in [3.8, 4) is 0 Å². The molecule has 26 heavy (non-hydrogen) atoms. The van der Waals surface area contributed by atoms with Crippen LogP contribution in [-0.4, -0.2) is 84.0 Å². The molecule has 0 aliphatic rings. The first-order valence-electron chi connectivity index (χ1n) is 8.73. The van der Waals surface area contributed by atoms with Crippen LogP contribution in [-0.2, 0) is 25.0 Å². The monoisotopic (exact) mass is 428 g/mol. The van der Waals surface area contributed by atoms with Crippen molar-refractivity contribution < 1.29 is 35.8 Å². The maximum absolute atomic E-state index is 11.2. The Morgan fingerprint density at radius 3 is 1.65 bits per heavy atom. The van der Waals surface area contributed by atoms with Crippen molar-refractivity contribution in [1.29, 1.82) is 0 Å². The Morgan fingerprint density at radius 1 is 0.846 bits per heavy atom. The predicted molar refractivity (Wildman–Crippen MR) is 103 cm³/mol. The van der Waals surface area contributed by atoms with Crippen LogP contribution in [0.25, 0.3) is 0 Å². The van der Waals surface area contributed by atoms with E-state index in [-0.39, 0.29) is 29.6 Å². The summed E-state index contributed by atoms with van der Waals surface area (Å²) in [6.07, 6.45) is 7.19. The van der Waals surface area contributed by atoms with Gasteiger partial charge in [0.05, 0.1) is 12.7 Å². The van der Waals surface area contributed by atoms with Crippen molar-refractivity contribution in [2.45, 2.75) is 88.4 Å². The van der Waals surface area contributed by atoms with Crippen molar-refractivity contribution in [1.82, 2.24) is 0 Å². The molecule has 0 amide bonds. The quantitative estimate of drug-likeness (QED) is 0.204. The average Bonchev–Trinajstić information content (AvgIpc) is 2.46. The number of aliphatic hydroxyl groups excluding tert-OH is 1. The Hall–Kier alpha value is 0.740. The molecule has 0 fully saturated rings. The van der Waals surface area contributed by atoms with E-state index >= 15 is 0 Å². The molecule has 0 spiro atoms. The van der Waals surface area contributed by atoms with Crippen LogP contribution in [0.5, 0.6) is 0 Å². The van der Waals surface area contributed by atoms with Gasteiger partial charge in [0.25, 0.3) is 20.2 Å². The minimum absolute atomic E-state index is 0. The van der Waals surface area contributed by atoms with E-state index in [9.17, 15) is 21.9 Å². The molecular weight excluding hydrogens is 395 g/mol. The first kappa shape index (κ1) is 28.9. The van der Waals surface area contributed by atoms with Crippen molar-refractivity contribution >= 4 is 49.8 Å². The number of hydrogen-bond acceptors (Lipinski definition) is 6. The van der Waals surface area contributed by atoms with Crippen LogP contribution in [0.3, 0.4) is 0 Å². The third-order valence-electron chi connectivity index (χ3n) is 3.94. The van der Waals surface area contributed by atoms with Crippen molar-refractivity contribution in [2.24, 2.45) is 0 Å². The summed E-state index contributed by atoms with van der Waals surface area (Å²) in [6, 6.07) is 0. The summed E-state index contributed by atoms with van der Waals surface area (Å²) in [7, 11) is -10.3. The molecule has 0 aromatic heterocycles. The number of ether oxygens (including phenoxy) is 1. The second kappa shape index (κ2) is 14.7. The number of rotatable bonds is 15. The molecule has 0 aromatic carbocycles. The van der Waals surface area contributed by atoms with Gasteiger partial charge in [0.1, 0.15) is 6.10 Å². The standard InChI is InChI=1S/C15H32O8S2.Na.H/c1-3-4-5-6-7-8-9-10-11-13(2)23-14(12-16)15(24(17,18)19)25(20,21)22;;/h13-16H,3-12H2,1-2H3,(H,17,18,19)(H,20,21,22);;. The normalized spacial score (nSPS) is 14.8. The van der Waals surface area contributed by atoms with E-state index in [2.05, 4.69) is 6.92 Å². The van der Waals surface area contributed by atoms with Gasteiger partial charge in [-0.05, 0) is 13.3 Å². The minimum atomic E-state index is -5.14. The van der Waals surface area contributed by atoms with Gasteiger partial charge < -0.3 is 9.84 Å². The molecule has 11 heteroatoms. The van der Waals surface area contributed by atoms with Crippen LogP contribution >= 0.6 is 0 Å². The topological polar surface area (TPSA) is 138 Å². The van der Waals surface area contributed by atoms with E-state index in [1.165, 1.54) is 25.7 Å². The Morgan fingerprint density at radius 2 is 1.27 bits per heavy atom. The van der Waals surface area contributed by atoms with Crippen LogP contribution in [0.4, 0.5) is 0 Å². The molecule has 8 nitrogen and oxygen atoms in total. The average molecular weight is 429 g/mol. The second-order valence-corrected chi connectivity index (χ2v) is 9.70. The molecule has 0 saturated heterocycles. The Labute approximate surface area is 179 Å². The SMILES string of the molecule is CCCCCCCCCCC(C)OC(CO)C(S(=O)(=O)O)S(=O)(=O)O.[NaH]. The third kappa shape index (κ3) is 13.0. The number of hydrogen-bond donors (Lipinski definition) is 3. The summed E-state index contributed by atoms with van der Waals surface area (Å²) in [4.78, 5) is 0. The molecule has 3 N–H and O–H groups in total. The van der Waals surface area contributed by atoms with Crippen molar-refractivity contribution in [3.05, 3.63) is 0 Å². The molecular formula is C15H33NaO8S2. The Balaban J connectivity index is 0. The van der Waals surface area contributed by atoms with Gasteiger partial charge in [0.15, 0.2) is 0 Å². The fourth-order valence-electron chi connectivity index (χ4n) is 2.66. The molecule has 0 rings (SSSR count). The molecule has 0 bridgehead atoms. The van der Waals surface area contributed by atoms with Crippen LogP contribution in [0.1, 0.15) is 71.6 Å². The summed E-state index contributed by atoms with van der Waals surface area (Å²) in [6.45, 7) is 2.82. The first-order chi connectivity index (χ1) is 11.5. The predicted octanol–water partition coefficient (Wildman–Crippen LogP) is 1.74. The van der Waals surface area contributed by atoms with Gasteiger partial charge in [-0.2, -0.15) is 16.8 Å². The van der Waals surface area contributed by atoms with Gasteiger partial charge in [-0.3, -0.25) is 9.11 Å². The third-order valence-corrected chi connectivity index (χ3v) is 7.18. The van der Waals surface area contributed by atoms with Crippen LogP contribution in [0.2, 0.25) is 0 Å². The Bertz CT molecular complexity index is 518. The molecule has 2 unspecified atom stereocenters. The molecule has 154 valence electrons.